The predicted molar refractivity (Wildman–Crippen MR) is 110 cm³/mol. The number of hydrogen-bond donors (Lipinski definition) is 1. The van der Waals surface area contributed by atoms with Gasteiger partial charge in [0, 0.05) is 36.4 Å². The number of carbonyl (C=O) groups is 2. The minimum Gasteiger partial charge on any atom is -0.476 e. The molecule has 1 amide bonds. The number of carbonyl (C=O) groups excluding carboxylic acids is 1. The van der Waals surface area contributed by atoms with Crippen molar-refractivity contribution in [2.24, 2.45) is 0 Å². The summed E-state index contributed by atoms with van der Waals surface area (Å²) in [6.07, 6.45) is 0.0713. The van der Waals surface area contributed by atoms with Crippen LogP contribution in [-0.4, -0.2) is 61.9 Å². The van der Waals surface area contributed by atoms with E-state index in [4.69, 9.17) is 16.7 Å². The van der Waals surface area contributed by atoms with Gasteiger partial charge in [0.1, 0.15) is 0 Å². The summed E-state index contributed by atoms with van der Waals surface area (Å²) in [4.78, 5) is 27.5. The van der Waals surface area contributed by atoms with Crippen LogP contribution in [0.2, 0.25) is 5.02 Å². The summed E-state index contributed by atoms with van der Waals surface area (Å²) in [7, 11) is 0. The van der Waals surface area contributed by atoms with Gasteiger partial charge in [-0.1, -0.05) is 11.6 Å². The zero-order valence-electron chi connectivity index (χ0n) is 17.1. The summed E-state index contributed by atoms with van der Waals surface area (Å²) in [5.41, 5.74) is -0.627. The lowest BCUT2D eigenvalue weighted by atomic mass is 9.84. The molecule has 7 nitrogen and oxygen atoms in total. The SMILES string of the molecule is O=C(O)c1ccn(C(=O)N2CCC3(CCCN3Cc3cc(Cl)cc(C(F)(F)F)c3)CC2)n1. The van der Waals surface area contributed by atoms with E-state index in [2.05, 4.69) is 10.00 Å². The zero-order chi connectivity index (χ0) is 23.1. The normalized spacial score (nSPS) is 18.9. The van der Waals surface area contributed by atoms with Gasteiger partial charge in [0.2, 0.25) is 0 Å². The standard InChI is InChI=1S/C21H22ClF3N4O3/c22-16-11-14(10-15(12-16)21(23,24)25)13-28-6-1-3-20(28)4-8-27(9-5-20)19(32)29-7-2-17(26-29)18(30)31/h2,7,10-12H,1,3-6,8-9,13H2,(H,30,31). The maximum atomic E-state index is 13.2. The fraction of sp³-hybridized carbons (Fsp3) is 0.476. The van der Waals surface area contributed by atoms with E-state index in [1.54, 1.807) is 11.0 Å². The lowest BCUT2D eigenvalue weighted by Crippen LogP contribution is -2.53. The fourth-order valence-corrected chi connectivity index (χ4v) is 4.99. The molecule has 32 heavy (non-hydrogen) atoms. The number of rotatable bonds is 3. The summed E-state index contributed by atoms with van der Waals surface area (Å²) < 4.78 is 40.5. The van der Waals surface area contributed by atoms with E-state index in [-0.39, 0.29) is 22.3 Å². The Balaban J connectivity index is 1.44. The summed E-state index contributed by atoms with van der Waals surface area (Å²) in [5.74, 6) is -1.20. The van der Waals surface area contributed by atoms with Crippen LogP contribution in [0.4, 0.5) is 18.0 Å². The van der Waals surface area contributed by atoms with Crippen molar-refractivity contribution in [3.8, 4) is 0 Å². The number of alkyl halides is 3. The quantitative estimate of drug-likeness (QED) is 0.721. The second-order valence-electron chi connectivity index (χ2n) is 8.32. The Kier molecular flexibility index (Phi) is 5.93. The first-order valence-corrected chi connectivity index (χ1v) is 10.7. The van der Waals surface area contributed by atoms with E-state index in [0.29, 0.717) is 38.0 Å². The van der Waals surface area contributed by atoms with Crippen LogP contribution in [0.15, 0.2) is 30.5 Å². The third-order valence-corrected chi connectivity index (χ3v) is 6.59. The molecule has 0 radical (unpaired) electrons. The second kappa shape index (κ2) is 8.40. The maximum Gasteiger partial charge on any atom is 0.416 e. The molecule has 2 fully saturated rings. The van der Waals surface area contributed by atoms with Crippen molar-refractivity contribution in [3.63, 3.8) is 0 Å². The van der Waals surface area contributed by atoms with Crippen molar-refractivity contribution >= 4 is 23.6 Å². The third kappa shape index (κ3) is 4.47. The molecule has 3 heterocycles. The van der Waals surface area contributed by atoms with Crippen LogP contribution in [0.3, 0.4) is 0 Å². The Morgan fingerprint density at radius 2 is 1.84 bits per heavy atom. The number of likely N-dealkylation sites (tertiary alicyclic amines) is 2. The molecule has 1 spiro atoms. The number of aromatic nitrogens is 2. The van der Waals surface area contributed by atoms with Gasteiger partial charge in [0.05, 0.1) is 5.56 Å². The zero-order valence-corrected chi connectivity index (χ0v) is 17.9. The van der Waals surface area contributed by atoms with Crippen LogP contribution < -0.4 is 0 Å². The molecule has 0 bridgehead atoms. The van der Waals surface area contributed by atoms with Crippen molar-refractivity contribution in [3.05, 3.63) is 52.3 Å². The topological polar surface area (TPSA) is 78.7 Å². The molecule has 0 unspecified atom stereocenters. The second-order valence-corrected chi connectivity index (χ2v) is 8.75. The van der Waals surface area contributed by atoms with E-state index in [1.165, 1.54) is 12.3 Å². The van der Waals surface area contributed by atoms with Crippen LogP contribution in [0.25, 0.3) is 0 Å². The Bertz CT molecular complexity index is 1030. The highest BCUT2D eigenvalue weighted by Gasteiger charge is 2.44. The van der Waals surface area contributed by atoms with Crippen LogP contribution in [0.5, 0.6) is 0 Å². The van der Waals surface area contributed by atoms with Gasteiger partial charge in [0.25, 0.3) is 0 Å². The molecule has 1 aromatic carbocycles. The van der Waals surface area contributed by atoms with Gasteiger partial charge in [-0.2, -0.15) is 23.0 Å². The van der Waals surface area contributed by atoms with Crippen LogP contribution in [0, 0.1) is 0 Å². The van der Waals surface area contributed by atoms with Crippen molar-refractivity contribution in [1.29, 1.82) is 0 Å². The summed E-state index contributed by atoms with van der Waals surface area (Å²) in [5, 5.41) is 12.8. The van der Waals surface area contributed by atoms with Crippen molar-refractivity contribution in [2.45, 2.75) is 43.9 Å². The fourth-order valence-electron chi connectivity index (χ4n) is 4.74. The first-order valence-electron chi connectivity index (χ1n) is 10.3. The summed E-state index contributed by atoms with van der Waals surface area (Å²) in [6, 6.07) is 4.53. The highest BCUT2D eigenvalue weighted by atomic mass is 35.5. The van der Waals surface area contributed by atoms with Crippen molar-refractivity contribution in [1.82, 2.24) is 19.6 Å². The van der Waals surface area contributed by atoms with E-state index in [1.807, 2.05) is 0 Å². The molecular weight excluding hydrogens is 449 g/mol. The Labute approximate surface area is 187 Å². The molecule has 1 N–H and O–H groups in total. The molecule has 172 valence electrons. The number of benzene rings is 1. The average molecular weight is 471 g/mol. The summed E-state index contributed by atoms with van der Waals surface area (Å²) in [6.45, 7) is 2.05. The van der Waals surface area contributed by atoms with Gasteiger partial charge in [-0.3, -0.25) is 4.90 Å². The maximum absolute atomic E-state index is 13.2. The van der Waals surface area contributed by atoms with Gasteiger partial charge >= 0.3 is 18.2 Å². The molecule has 4 rings (SSSR count). The number of nitrogens with zero attached hydrogens (tertiary/aromatic N) is 4. The van der Waals surface area contributed by atoms with Crippen LogP contribution in [0.1, 0.15) is 47.3 Å². The van der Waals surface area contributed by atoms with Gasteiger partial charge in [-0.15, -0.1) is 0 Å². The number of carboxylic acids is 1. The van der Waals surface area contributed by atoms with Gasteiger partial charge < -0.3 is 10.0 Å². The molecular formula is C21H22ClF3N4O3. The number of hydrogen-bond acceptors (Lipinski definition) is 4. The monoisotopic (exact) mass is 470 g/mol. The largest absolute Gasteiger partial charge is 0.476 e. The Morgan fingerprint density at radius 3 is 2.47 bits per heavy atom. The minimum absolute atomic E-state index is 0.0587. The van der Waals surface area contributed by atoms with Gasteiger partial charge in [0.15, 0.2) is 5.69 Å². The molecule has 0 saturated carbocycles. The molecule has 2 aliphatic rings. The molecule has 2 aliphatic heterocycles. The van der Waals surface area contributed by atoms with Crippen molar-refractivity contribution in [2.75, 3.05) is 19.6 Å². The highest BCUT2D eigenvalue weighted by molar-refractivity contribution is 6.30. The molecule has 2 saturated heterocycles. The minimum atomic E-state index is -4.46. The molecule has 11 heteroatoms. The smallest absolute Gasteiger partial charge is 0.416 e. The van der Waals surface area contributed by atoms with Gasteiger partial charge in [-0.25, -0.2) is 9.59 Å². The van der Waals surface area contributed by atoms with Crippen molar-refractivity contribution < 1.29 is 27.9 Å². The first kappa shape index (κ1) is 22.6. The molecule has 1 aromatic heterocycles. The number of amides is 1. The predicted octanol–water partition coefficient (Wildman–Crippen LogP) is 4.35. The van der Waals surface area contributed by atoms with E-state index in [9.17, 15) is 22.8 Å². The molecule has 0 aliphatic carbocycles. The van der Waals surface area contributed by atoms with Crippen LogP contribution in [-0.2, 0) is 12.7 Å². The molecule has 0 atom stereocenters. The third-order valence-electron chi connectivity index (χ3n) is 6.37. The van der Waals surface area contributed by atoms with E-state index < -0.39 is 17.7 Å². The lowest BCUT2D eigenvalue weighted by molar-refractivity contribution is -0.137. The number of piperidine rings is 1. The number of carboxylic acid groups (broad SMARTS) is 1. The van der Waals surface area contributed by atoms with E-state index >= 15 is 0 Å². The summed E-state index contributed by atoms with van der Waals surface area (Å²) >= 11 is 5.94. The van der Waals surface area contributed by atoms with Crippen LogP contribution >= 0.6 is 11.6 Å². The van der Waals surface area contributed by atoms with E-state index in [0.717, 1.165) is 36.2 Å². The lowest BCUT2D eigenvalue weighted by Gasteiger charge is -2.45. The number of halogens is 4. The number of aromatic carboxylic acids is 1. The average Bonchev–Trinajstić information content (AvgIpc) is 3.36. The first-order chi connectivity index (χ1) is 15.1. The Morgan fingerprint density at radius 1 is 1.12 bits per heavy atom. The highest BCUT2D eigenvalue weighted by Crippen LogP contribution is 2.40. The van der Waals surface area contributed by atoms with Gasteiger partial charge in [-0.05, 0) is 62.1 Å². The molecule has 2 aromatic rings. The Hall–Kier alpha value is -2.59.